The van der Waals surface area contributed by atoms with Gasteiger partial charge in [0.15, 0.2) is 0 Å². The highest BCUT2D eigenvalue weighted by Gasteiger charge is 2.77. The Morgan fingerprint density at radius 3 is 2.69 bits per heavy atom. The Labute approximate surface area is 195 Å². The predicted octanol–water partition coefficient (Wildman–Crippen LogP) is 2.62. The first kappa shape index (κ1) is 25.1. The van der Waals surface area contributed by atoms with E-state index in [1.807, 2.05) is 11.8 Å². The van der Waals surface area contributed by atoms with Crippen molar-refractivity contribution in [1.29, 1.82) is 0 Å². The number of hydrogen-bond donors (Lipinski definition) is 1. The topological polar surface area (TPSA) is 87.2 Å². The zero-order valence-electron chi connectivity index (χ0n) is 19.7. The summed E-state index contributed by atoms with van der Waals surface area (Å²) in [7, 11) is 0. The number of carbonyl (C=O) groups excluding carboxylic acids is 3. The largest absolute Gasteiger partial charge is 0.466 e. The van der Waals surface area contributed by atoms with Gasteiger partial charge in [-0.3, -0.25) is 14.4 Å². The summed E-state index contributed by atoms with van der Waals surface area (Å²) in [6.07, 6.45) is 6.63. The first-order valence-corrected chi connectivity index (χ1v) is 12.8. The summed E-state index contributed by atoms with van der Waals surface area (Å²) >= 11 is 1.66. The smallest absolute Gasteiger partial charge is 0.311 e. The van der Waals surface area contributed by atoms with Crippen molar-refractivity contribution in [3.05, 3.63) is 12.7 Å². The van der Waals surface area contributed by atoms with Crippen LogP contribution in [-0.4, -0.2) is 81.1 Å². The molecule has 7 nitrogen and oxygen atoms in total. The van der Waals surface area contributed by atoms with Gasteiger partial charge in [-0.05, 0) is 39.5 Å². The van der Waals surface area contributed by atoms with Gasteiger partial charge in [0.25, 0.3) is 0 Å². The van der Waals surface area contributed by atoms with Gasteiger partial charge in [0.1, 0.15) is 6.04 Å². The summed E-state index contributed by atoms with van der Waals surface area (Å²) in [6, 6.07) is -0.626. The van der Waals surface area contributed by atoms with Crippen molar-refractivity contribution in [2.75, 3.05) is 32.8 Å². The number of likely N-dealkylation sites (tertiary alicyclic amines) is 1. The van der Waals surface area contributed by atoms with E-state index in [0.717, 1.165) is 32.1 Å². The SMILES string of the molecule is C=CCN(CCCCC)C(=O)C1N(CCCO)C(=O)[C@@H]2[C@@H](C(=O)OCC)[C@@]3(C)CCC12S3. The molecule has 3 heterocycles. The average Bonchev–Trinajstić information content (AvgIpc) is 3.32. The van der Waals surface area contributed by atoms with Gasteiger partial charge in [-0.15, -0.1) is 18.3 Å². The van der Waals surface area contributed by atoms with Crippen molar-refractivity contribution in [1.82, 2.24) is 9.80 Å². The maximum Gasteiger partial charge on any atom is 0.311 e. The van der Waals surface area contributed by atoms with Crippen molar-refractivity contribution in [2.45, 2.75) is 74.8 Å². The number of aliphatic hydroxyl groups is 1. The summed E-state index contributed by atoms with van der Waals surface area (Å²) < 4.78 is 4.36. The lowest BCUT2D eigenvalue weighted by Crippen LogP contribution is -2.55. The first-order valence-electron chi connectivity index (χ1n) is 12.0. The highest BCUT2D eigenvalue weighted by molar-refractivity contribution is 8.02. The van der Waals surface area contributed by atoms with Gasteiger partial charge >= 0.3 is 5.97 Å². The molecular formula is C24H38N2O5S. The van der Waals surface area contributed by atoms with E-state index in [4.69, 9.17) is 4.74 Å². The Morgan fingerprint density at radius 2 is 2.06 bits per heavy atom. The van der Waals surface area contributed by atoms with E-state index in [9.17, 15) is 19.5 Å². The van der Waals surface area contributed by atoms with Crippen LogP contribution in [0.1, 0.15) is 59.3 Å². The summed E-state index contributed by atoms with van der Waals surface area (Å²) in [5.41, 5.74) is 0. The summed E-state index contributed by atoms with van der Waals surface area (Å²) in [5.74, 6) is -1.63. The van der Waals surface area contributed by atoms with Crippen molar-refractivity contribution in [3.8, 4) is 0 Å². The maximum atomic E-state index is 14.0. The van der Waals surface area contributed by atoms with E-state index in [0.29, 0.717) is 26.1 Å². The molecule has 3 aliphatic rings. The molecule has 8 heteroatoms. The number of hydrogen-bond acceptors (Lipinski definition) is 6. The van der Waals surface area contributed by atoms with Gasteiger partial charge < -0.3 is 19.6 Å². The second kappa shape index (κ2) is 10.2. The molecule has 3 saturated heterocycles. The van der Waals surface area contributed by atoms with Crippen molar-refractivity contribution >= 4 is 29.5 Å². The molecule has 3 rings (SSSR count). The minimum absolute atomic E-state index is 0.0542. The van der Waals surface area contributed by atoms with Crippen LogP contribution in [0.2, 0.25) is 0 Å². The van der Waals surface area contributed by atoms with Gasteiger partial charge in [-0.25, -0.2) is 0 Å². The van der Waals surface area contributed by atoms with E-state index in [2.05, 4.69) is 13.5 Å². The lowest BCUT2D eigenvalue weighted by Gasteiger charge is -2.37. The van der Waals surface area contributed by atoms with Crippen LogP contribution >= 0.6 is 11.8 Å². The normalized spacial score (nSPS) is 32.8. The van der Waals surface area contributed by atoms with Crippen LogP contribution < -0.4 is 0 Å². The molecule has 5 atom stereocenters. The zero-order valence-corrected chi connectivity index (χ0v) is 20.5. The van der Waals surface area contributed by atoms with Crippen LogP contribution in [0.15, 0.2) is 12.7 Å². The number of carbonyl (C=O) groups is 3. The van der Waals surface area contributed by atoms with Crippen LogP contribution in [0, 0.1) is 11.8 Å². The lowest BCUT2D eigenvalue weighted by molar-refractivity contribution is -0.155. The third-order valence-corrected chi connectivity index (χ3v) is 9.29. The van der Waals surface area contributed by atoms with Gasteiger partial charge in [-0.2, -0.15) is 0 Å². The van der Waals surface area contributed by atoms with Gasteiger partial charge in [0.05, 0.1) is 23.2 Å². The van der Waals surface area contributed by atoms with Gasteiger partial charge in [-0.1, -0.05) is 25.8 Å². The molecule has 2 unspecified atom stereocenters. The number of esters is 1. The average molecular weight is 467 g/mol. The molecule has 0 aromatic heterocycles. The molecular weight excluding hydrogens is 428 g/mol. The zero-order chi connectivity index (χ0) is 23.5. The van der Waals surface area contributed by atoms with Crippen LogP contribution in [0.25, 0.3) is 0 Å². The molecule has 1 N–H and O–H groups in total. The number of aliphatic hydroxyl groups excluding tert-OH is 1. The molecule has 0 aromatic carbocycles. The predicted molar refractivity (Wildman–Crippen MR) is 125 cm³/mol. The Morgan fingerprint density at radius 1 is 1.31 bits per heavy atom. The standard InChI is InChI=1S/C24H38N2O5S/c1-5-8-9-14-25(13-6-2)21(29)19-24-12-11-23(4,32-24)18(22(30)31-7-3)17(24)20(28)26(19)15-10-16-27/h6,17-19,27H,2,5,7-16H2,1,3-4H3/t17-,18-,19?,23+,24?/m0/s1. The number of ether oxygens (including phenoxy) is 1. The second-order valence-electron chi connectivity index (χ2n) is 9.37. The minimum Gasteiger partial charge on any atom is -0.466 e. The molecule has 3 fully saturated rings. The molecule has 2 bridgehead atoms. The summed E-state index contributed by atoms with van der Waals surface area (Å²) in [4.78, 5) is 44.2. The molecule has 1 spiro atoms. The Balaban J connectivity index is 1.99. The van der Waals surface area contributed by atoms with Crippen LogP contribution in [0.5, 0.6) is 0 Å². The minimum atomic E-state index is -0.626. The van der Waals surface area contributed by atoms with Crippen LogP contribution in [-0.2, 0) is 19.1 Å². The Bertz CT molecular complexity index is 746. The third kappa shape index (κ3) is 4.09. The van der Waals surface area contributed by atoms with Crippen LogP contribution in [0.4, 0.5) is 0 Å². The highest BCUT2D eigenvalue weighted by Crippen LogP contribution is 2.71. The van der Waals surface area contributed by atoms with Crippen molar-refractivity contribution in [2.24, 2.45) is 11.8 Å². The Kier molecular flexibility index (Phi) is 7.97. The van der Waals surface area contributed by atoms with Gasteiger partial charge in [0.2, 0.25) is 11.8 Å². The molecule has 3 aliphatic heterocycles. The van der Waals surface area contributed by atoms with E-state index in [-0.39, 0.29) is 31.0 Å². The molecule has 0 radical (unpaired) electrons. The molecule has 0 aliphatic carbocycles. The van der Waals surface area contributed by atoms with Gasteiger partial charge in [0, 0.05) is 31.0 Å². The third-order valence-electron chi connectivity index (χ3n) is 7.30. The monoisotopic (exact) mass is 466 g/mol. The molecule has 32 heavy (non-hydrogen) atoms. The fourth-order valence-corrected chi connectivity index (χ4v) is 8.29. The molecule has 0 aromatic rings. The second-order valence-corrected chi connectivity index (χ2v) is 11.3. The highest BCUT2D eigenvalue weighted by atomic mass is 32.2. The number of thioether (sulfide) groups is 1. The maximum absolute atomic E-state index is 14.0. The van der Waals surface area contributed by atoms with E-state index < -0.39 is 27.4 Å². The Hall–Kier alpha value is -1.54. The van der Waals surface area contributed by atoms with E-state index >= 15 is 0 Å². The number of rotatable bonds is 12. The van der Waals surface area contributed by atoms with E-state index in [1.165, 1.54) is 0 Å². The first-order chi connectivity index (χ1) is 15.3. The fraction of sp³-hybridized carbons (Fsp3) is 0.792. The number of fused-ring (bicyclic) bond motifs is 1. The molecule has 2 amide bonds. The lowest BCUT2D eigenvalue weighted by atomic mass is 9.66. The number of nitrogens with zero attached hydrogens (tertiary/aromatic N) is 2. The quantitative estimate of drug-likeness (QED) is 0.270. The van der Waals surface area contributed by atoms with E-state index in [1.54, 1.807) is 29.7 Å². The van der Waals surface area contributed by atoms with Crippen LogP contribution in [0.3, 0.4) is 0 Å². The number of amides is 2. The van der Waals surface area contributed by atoms with Crippen molar-refractivity contribution < 1.29 is 24.2 Å². The number of unbranched alkanes of at least 4 members (excludes halogenated alkanes) is 2. The summed E-state index contributed by atoms with van der Waals surface area (Å²) in [6.45, 7) is 11.4. The molecule has 0 saturated carbocycles. The van der Waals surface area contributed by atoms with Crippen molar-refractivity contribution in [3.63, 3.8) is 0 Å². The fourth-order valence-electron chi connectivity index (χ4n) is 5.95. The molecule has 180 valence electrons. The summed E-state index contributed by atoms with van der Waals surface area (Å²) in [5, 5.41) is 9.43.